The Labute approximate surface area is 145 Å². The average molecular weight is 367 g/mol. The van der Waals surface area contributed by atoms with Gasteiger partial charge in [-0.15, -0.1) is 57.7 Å². The van der Waals surface area contributed by atoms with Crippen LogP contribution in [0, 0.1) is 6.08 Å². The van der Waals surface area contributed by atoms with Crippen LogP contribution in [-0.4, -0.2) is 20.2 Å². The van der Waals surface area contributed by atoms with Crippen LogP contribution < -0.4 is 0 Å². The van der Waals surface area contributed by atoms with Crippen molar-refractivity contribution in [3.63, 3.8) is 0 Å². The fourth-order valence-corrected chi connectivity index (χ4v) is 1.88. The predicted octanol–water partition coefficient (Wildman–Crippen LogP) is 4.22. The molecule has 1 aromatic heterocycles. The van der Waals surface area contributed by atoms with Gasteiger partial charge in [0.15, 0.2) is 6.33 Å². The minimum absolute atomic E-state index is 0.556. The van der Waals surface area contributed by atoms with Gasteiger partial charge in [0.05, 0.1) is 0 Å². The van der Waals surface area contributed by atoms with Gasteiger partial charge in [0.1, 0.15) is 0 Å². The van der Waals surface area contributed by atoms with Crippen molar-refractivity contribution >= 4 is 29.4 Å². The van der Waals surface area contributed by atoms with Gasteiger partial charge in [-0.2, -0.15) is 10.9 Å². The van der Waals surface area contributed by atoms with Crippen LogP contribution in [0.1, 0.15) is 6.42 Å². The van der Waals surface area contributed by atoms with Crippen LogP contribution >= 0.6 is 18.6 Å². The van der Waals surface area contributed by atoms with Crippen molar-refractivity contribution in [1.29, 1.82) is 0 Å². The summed E-state index contributed by atoms with van der Waals surface area (Å²) in [6, 6.07) is 12.2. The van der Waals surface area contributed by atoms with E-state index in [2.05, 4.69) is 39.7 Å². The maximum atomic E-state index is 4.89. The van der Waals surface area contributed by atoms with E-state index in [0.29, 0.717) is 0 Å². The van der Waals surface area contributed by atoms with Crippen LogP contribution in [0.2, 0.25) is 0 Å². The Kier molecular flexibility index (Phi) is 7.47. The van der Waals surface area contributed by atoms with E-state index in [0.717, 1.165) is 12.1 Å². The van der Waals surface area contributed by atoms with Crippen LogP contribution in [-0.2, 0) is 17.0 Å². The van der Waals surface area contributed by atoms with Crippen LogP contribution in [0.5, 0.6) is 0 Å². The van der Waals surface area contributed by atoms with Crippen molar-refractivity contribution < 1.29 is 17.0 Å². The second kappa shape index (κ2) is 9.64. The summed E-state index contributed by atoms with van der Waals surface area (Å²) in [5, 5.41) is 13.9. The Bertz CT molecular complexity index is 692. The van der Waals surface area contributed by atoms with Crippen molar-refractivity contribution in [1.82, 2.24) is 20.2 Å². The maximum absolute atomic E-state index is 4.89. The SMILES string of the molecule is [C-]1=CC=CC1.[Cl][Ti][Cl].c1ccc2[cH-]c(-n3ncnn3)cc2c1. The molecule has 4 rings (SSSR count). The standard InChI is InChI=1S/C10H7N4.C5H5.2ClH.Ti/c1-2-4-9-6-10(5-8(9)3-1)14-12-7-11-13-14;1-2-4-5-3-1;;;/h1-7H;1-3H,4H2;2*1H;/q2*-1;;;+2/p-2. The largest absolute Gasteiger partial charge is 0.162 e. The number of tetrazole rings is 1. The fraction of sp³-hybridized carbons (Fsp3) is 0.0667. The molecule has 0 fully saturated rings. The molecule has 3 aromatic rings. The topological polar surface area (TPSA) is 43.6 Å². The first kappa shape index (κ1) is 17.0. The molecule has 0 atom stereocenters. The molecule has 4 nitrogen and oxygen atoms in total. The van der Waals surface area contributed by atoms with E-state index in [-0.39, 0.29) is 0 Å². The van der Waals surface area contributed by atoms with E-state index in [1.807, 2.05) is 36.4 Å². The second-order valence-electron chi connectivity index (χ2n) is 4.14. The number of benzene rings is 1. The molecular weight excluding hydrogens is 355 g/mol. The molecule has 0 saturated heterocycles. The molecule has 0 saturated carbocycles. The zero-order valence-corrected chi connectivity index (χ0v) is 14.6. The van der Waals surface area contributed by atoms with Crippen molar-refractivity contribution in [3.8, 4) is 5.69 Å². The van der Waals surface area contributed by atoms with Crippen LogP contribution in [0.4, 0.5) is 0 Å². The number of allylic oxidation sites excluding steroid dienone is 4. The van der Waals surface area contributed by atoms with Gasteiger partial charge in [-0.25, -0.2) is 12.2 Å². The predicted molar refractivity (Wildman–Crippen MR) is 85.5 cm³/mol. The van der Waals surface area contributed by atoms with Crippen LogP contribution in [0.25, 0.3) is 16.5 Å². The van der Waals surface area contributed by atoms with E-state index in [1.165, 1.54) is 21.9 Å². The van der Waals surface area contributed by atoms with E-state index in [9.17, 15) is 0 Å². The number of rotatable bonds is 1. The van der Waals surface area contributed by atoms with E-state index >= 15 is 0 Å². The van der Waals surface area contributed by atoms with Gasteiger partial charge >= 0.3 is 35.6 Å². The molecule has 0 N–H and O–H groups in total. The Balaban J connectivity index is 0.000000184. The minimum atomic E-state index is -0.556. The molecule has 0 aliphatic heterocycles. The van der Waals surface area contributed by atoms with Gasteiger partial charge in [0, 0.05) is 0 Å². The molecule has 2 aromatic carbocycles. The fourth-order valence-electron chi connectivity index (χ4n) is 1.88. The summed E-state index contributed by atoms with van der Waals surface area (Å²) in [5.41, 5.74) is 0.948. The number of aromatic nitrogens is 4. The van der Waals surface area contributed by atoms with Gasteiger partial charge in [-0.3, -0.25) is 6.08 Å². The average Bonchev–Trinajstić information content (AvgIpc) is 3.29. The summed E-state index contributed by atoms with van der Waals surface area (Å²) in [7, 11) is 9.78. The van der Waals surface area contributed by atoms with Crippen LogP contribution in [0.3, 0.4) is 0 Å². The zero-order chi connectivity index (χ0) is 15.6. The third-order valence-corrected chi connectivity index (χ3v) is 2.77. The molecular formula is C15H12Cl2N4Ti-2. The summed E-state index contributed by atoms with van der Waals surface area (Å²) >= 11 is -0.556. The first-order valence-electron chi connectivity index (χ1n) is 6.42. The third-order valence-electron chi connectivity index (χ3n) is 2.77. The Morgan fingerprint density at radius 3 is 2.64 bits per heavy atom. The summed E-state index contributed by atoms with van der Waals surface area (Å²) < 4.78 is 0. The summed E-state index contributed by atoms with van der Waals surface area (Å²) in [6.45, 7) is 0. The van der Waals surface area contributed by atoms with E-state index in [1.54, 1.807) is 0 Å². The van der Waals surface area contributed by atoms with Gasteiger partial charge in [0.2, 0.25) is 0 Å². The number of hydrogen-bond donors (Lipinski definition) is 0. The number of hydrogen-bond acceptors (Lipinski definition) is 3. The maximum Gasteiger partial charge on any atom is 0.162 e. The third kappa shape index (κ3) is 5.14. The number of nitrogens with zero attached hydrogens (tertiary/aromatic N) is 4. The van der Waals surface area contributed by atoms with Gasteiger partial charge < -0.3 is 0 Å². The normalized spacial score (nSPS) is 11.5. The van der Waals surface area contributed by atoms with Crippen molar-refractivity contribution in [2.75, 3.05) is 0 Å². The molecule has 0 radical (unpaired) electrons. The Hall–Kier alpha value is -1.33. The minimum Gasteiger partial charge on any atom is -0.151 e. The smallest absolute Gasteiger partial charge is 0.151 e. The summed E-state index contributed by atoms with van der Waals surface area (Å²) in [6.07, 6.45) is 11.4. The number of halogens is 2. The first-order valence-corrected chi connectivity index (χ1v) is 10.7. The molecule has 0 bridgehead atoms. The Morgan fingerprint density at radius 2 is 2.09 bits per heavy atom. The molecule has 0 unspecified atom stereocenters. The molecule has 0 spiro atoms. The van der Waals surface area contributed by atoms with Crippen molar-refractivity contribution in [2.24, 2.45) is 0 Å². The monoisotopic (exact) mass is 366 g/mol. The van der Waals surface area contributed by atoms with E-state index < -0.39 is 17.0 Å². The van der Waals surface area contributed by atoms with Gasteiger partial charge in [-0.05, 0) is 10.9 Å². The second-order valence-corrected chi connectivity index (χ2v) is 6.72. The molecule has 112 valence electrons. The molecule has 0 amide bonds. The first-order chi connectivity index (χ1) is 10.8. The van der Waals surface area contributed by atoms with Gasteiger partial charge in [-0.1, -0.05) is 6.07 Å². The molecule has 1 heterocycles. The molecule has 7 heteroatoms. The Morgan fingerprint density at radius 1 is 1.27 bits per heavy atom. The summed E-state index contributed by atoms with van der Waals surface area (Å²) in [4.78, 5) is 1.51. The van der Waals surface area contributed by atoms with Crippen LogP contribution in [0.15, 0.2) is 61.0 Å². The number of fused-ring (bicyclic) bond motifs is 1. The molecule has 22 heavy (non-hydrogen) atoms. The van der Waals surface area contributed by atoms with Crippen molar-refractivity contribution in [2.45, 2.75) is 6.42 Å². The quantitative estimate of drug-likeness (QED) is 0.478. The summed E-state index contributed by atoms with van der Waals surface area (Å²) in [5.74, 6) is 0. The molecule has 1 aliphatic rings. The van der Waals surface area contributed by atoms with Crippen molar-refractivity contribution in [3.05, 3.63) is 67.0 Å². The van der Waals surface area contributed by atoms with Gasteiger partial charge in [0.25, 0.3) is 0 Å². The molecule has 1 aliphatic carbocycles. The zero-order valence-electron chi connectivity index (χ0n) is 11.5. The van der Waals surface area contributed by atoms with E-state index in [4.69, 9.17) is 18.6 Å².